The van der Waals surface area contributed by atoms with Gasteiger partial charge in [-0.05, 0) is 45.8 Å². The van der Waals surface area contributed by atoms with Crippen LogP contribution in [0.2, 0.25) is 0 Å². The molecule has 1 aromatic rings. The molecule has 0 radical (unpaired) electrons. The molecule has 5 nitrogen and oxygen atoms in total. The predicted molar refractivity (Wildman–Crippen MR) is 86.8 cm³/mol. The first kappa shape index (κ1) is 16.5. The molecule has 1 fully saturated rings. The predicted octanol–water partition coefficient (Wildman–Crippen LogP) is 1.84. The van der Waals surface area contributed by atoms with Crippen molar-refractivity contribution in [2.24, 2.45) is 12.9 Å². The Balaban J connectivity index is 2.10. The minimum absolute atomic E-state index is 0.184. The summed E-state index contributed by atoms with van der Waals surface area (Å²) >= 11 is 0. The maximum Gasteiger partial charge on any atom is 0.0492 e. The summed E-state index contributed by atoms with van der Waals surface area (Å²) in [6.45, 7) is 0. The van der Waals surface area contributed by atoms with Gasteiger partial charge in [-0.3, -0.25) is 16.0 Å². The summed E-state index contributed by atoms with van der Waals surface area (Å²) in [7, 11) is 6.42. The van der Waals surface area contributed by atoms with Crippen molar-refractivity contribution < 1.29 is 0 Å². The quantitative estimate of drug-likeness (QED) is 0.477. The van der Waals surface area contributed by atoms with E-state index >= 15 is 0 Å². The molecule has 1 atom stereocenters. The van der Waals surface area contributed by atoms with E-state index in [0.717, 1.165) is 12.8 Å². The number of hydrogen-bond acceptors (Lipinski definition) is 4. The third-order valence-corrected chi connectivity index (χ3v) is 5.32. The van der Waals surface area contributed by atoms with Gasteiger partial charge in [0.05, 0.1) is 0 Å². The summed E-state index contributed by atoms with van der Waals surface area (Å²) in [5, 5.41) is 4.25. The fourth-order valence-corrected chi connectivity index (χ4v) is 3.89. The fourth-order valence-electron chi connectivity index (χ4n) is 3.89. The maximum atomic E-state index is 5.96. The van der Waals surface area contributed by atoms with Crippen molar-refractivity contribution >= 4 is 0 Å². The van der Waals surface area contributed by atoms with E-state index in [1.807, 2.05) is 17.9 Å². The topological polar surface area (TPSA) is 59.1 Å². The SMILES string of the molecule is CN(C)C1(C(CCc2ccnn2C)NN)CCCCCC1. The highest BCUT2D eigenvalue weighted by Crippen LogP contribution is 2.35. The first-order chi connectivity index (χ1) is 10.1. The van der Waals surface area contributed by atoms with Gasteiger partial charge in [-0.15, -0.1) is 0 Å². The van der Waals surface area contributed by atoms with Gasteiger partial charge in [0.15, 0.2) is 0 Å². The molecule has 1 aliphatic carbocycles. The zero-order valence-corrected chi connectivity index (χ0v) is 13.8. The number of nitrogens with zero attached hydrogens (tertiary/aromatic N) is 3. The number of likely N-dealkylation sites (N-methyl/N-ethyl adjacent to an activating group) is 1. The molecular weight excluding hydrogens is 262 g/mol. The summed E-state index contributed by atoms with van der Waals surface area (Å²) in [6, 6.07) is 2.42. The molecular formula is C16H31N5. The summed E-state index contributed by atoms with van der Waals surface area (Å²) < 4.78 is 1.96. The maximum absolute atomic E-state index is 5.96. The second kappa shape index (κ2) is 7.38. The molecule has 0 amide bonds. The number of aromatic nitrogens is 2. The Morgan fingerprint density at radius 3 is 2.48 bits per heavy atom. The lowest BCUT2D eigenvalue weighted by atomic mass is 9.79. The standard InChI is InChI=1S/C16H31N5/c1-20(2)16(11-6-4-5-7-12-16)15(19-17)9-8-14-10-13-18-21(14)3/h10,13,15,19H,4-9,11-12,17H2,1-3H3. The van der Waals surface area contributed by atoms with Crippen LogP contribution in [-0.2, 0) is 13.5 Å². The number of hydrogen-bond donors (Lipinski definition) is 2. The van der Waals surface area contributed by atoms with Gasteiger partial charge in [0, 0.05) is 30.5 Å². The van der Waals surface area contributed by atoms with Crippen molar-refractivity contribution in [2.75, 3.05) is 14.1 Å². The van der Waals surface area contributed by atoms with Crippen molar-refractivity contribution in [2.45, 2.75) is 62.9 Å². The molecule has 2 rings (SSSR count). The van der Waals surface area contributed by atoms with Crippen molar-refractivity contribution in [3.63, 3.8) is 0 Å². The molecule has 0 aromatic carbocycles. The van der Waals surface area contributed by atoms with Gasteiger partial charge in [-0.1, -0.05) is 25.7 Å². The smallest absolute Gasteiger partial charge is 0.0492 e. The van der Waals surface area contributed by atoms with Gasteiger partial charge in [0.25, 0.3) is 0 Å². The average Bonchev–Trinajstić information content (AvgIpc) is 2.73. The van der Waals surface area contributed by atoms with E-state index in [4.69, 9.17) is 5.84 Å². The zero-order valence-electron chi connectivity index (χ0n) is 13.8. The van der Waals surface area contributed by atoms with E-state index in [-0.39, 0.29) is 5.54 Å². The van der Waals surface area contributed by atoms with Gasteiger partial charge in [-0.2, -0.15) is 5.10 Å². The highest BCUT2D eigenvalue weighted by atomic mass is 15.3. The van der Waals surface area contributed by atoms with Crippen LogP contribution in [0.15, 0.2) is 12.3 Å². The second-order valence-corrected chi connectivity index (χ2v) is 6.62. The number of hydrazine groups is 1. The van der Waals surface area contributed by atoms with Crippen LogP contribution in [0.4, 0.5) is 0 Å². The van der Waals surface area contributed by atoms with Crippen molar-refractivity contribution in [1.82, 2.24) is 20.1 Å². The van der Waals surface area contributed by atoms with Crippen LogP contribution >= 0.6 is 0 Å². The number of aryl methyl sites for hydroxylation is 2. The summed E-state index contributed by atoms with van der Waals surface area (Å²) in [5.74, 6) is 5.96. The Kier molecular flexibility index (Phi) is 5.79. The number of nitrogens with one attached hydrogen (secondary N) is 1. The summed E-state index contributed by atoms with van der Waals surface area (Å²) in [6.07, 6.45) is 11.7. The van der Waals surface area contributed by atoms with Crippen LogP contribution in [0.5, 0.6) is 0 Å². The van der Waals surface area contributed by atoms with Gasteiger partial charge < -0.3 is 4.90 Å². The molecule has 3 N–H and O–H groups in total. The molecule has 120 valence electrons. The fraction of sp³-hybridized carbons (Fsp3) is 0.812. The zero-order chi connectivity index (χ0) is 15.3. The molecule has 1 heterocycles. The van der Waals surface area contributed by atoms with Crippen LogP contribution in [0, 0.1) is 0 Å². The Hall–Kier alpha value is -0.910. The van der Waals surface area contributed by atoms with Crippen LogP contribution in [0.3, 0.4) is 0 Å². The highest BCUT2D eigenvalue weighted by molar-refractivity contribution is 5.04. The van der Waals surface area contributed by atoms with Crippen LogP contribution < -0.4 is 11.3 Å². The molecule has 1 saturated carbocycles. The normalized spacial score (nSPS) is 20.4. The monoisotopic (exact) mass is 293 g/mol. The van der Waals surface area contributed by atoms with Crippen LogP contribution in [0.1, 0.15) is 50.6 Å². The van der Waals surface area contributed by atoms with Crippen molar-refractivity contribution in [1.29, 1.82) is 0 Å². The molecule has 0 saturated heterocycles. The average molecular weight is 293 g/mol. The number of nitrogens with two attached hydrogens (primary N) is 1. The van der Waals surface area contributed by atoms with Gasteiger partial charge in [0.1, 0.15) is 0 Å². The Morgan fingerprint density at radius 1 is 1.33 bits per heavy atom. The molecule has 1 unspecified atom stereocenters. The van der Waals surface area contributed by atoms with Crippen LogP contribution in [0.25, 0.3) is 0 Å². The molecule has 1 aliphatic rings. The summed E-state index contributed by atoms with van der Waals surface area (Å²) in [5.41, 5.74) is 4.59. The molecule has 1 aromatic heterocycles. The second-order valence-electron chi connectivity index (χ2n) is 6.62. The first-order valence-corrected chi connectivity index (χ1v) is 8.20. The molecule has 0 bridgehead atoms. The Labute approximate surface area is 128 Å². The lowest BCUT2D eigenvalue weighted by Gasteiger charge is -2.45. The van der Waals surface area contributed by atoms with E-state index < -0.39 is 0 Å². The Bertz CT molecular complexity index is 418. The lowest BCUT2D eigenvalue weighted by Crippen LogP contribution is -2.60. The van der Waals surface area contributed by atoms with E-state index in [0.29, 0.717) is 6.04 Å². The number of rotatable bonds is 6. The first-order valence-electron chi connectivity index (χ1n) is 8.20. The lowest BCUT2D eigenvalue weighted by molar-refractivity contribution is 0.0762. The van der Waals surface area contributed by atoms with E-state index in [1.165, 1.54) is 44.2 Å². The minimum Gasteiger partial charge on any atom is -0.302 e. The molecule has 5 heteroatoms. The summed E-state index contributed by atoms with van der Waals surface area (Å²) in [4.78, 5) is 2.41. The van der Waals surface area contributed by atoms with Gasteiger partial charge in [-0.25, -0.2) is 0 Å². The van der Waals surface area contributed by atoms with Crippen molar-refractivity contribution in [3.05, 3.63) is 18.0 Å². The largest absolute Gasteiger partial charge is 0.302 e. The Morgan fingerprint density at radius 2 is 2.00 bits per heavy atom. The van der Waals surface area contributed by atoms with E-state index in [9.17, 15) is 0 Å². The van der Waals surface area contributed by atoms with E-state index in [1.54, 1.807) is 0 Å². The molecule has 0 aliphatic heterocycles. The van der Waals surface area contributed by atoms with Gasteiger partial charge >= 0.3 is 0 Å². The van der Waals surface area contributed by atoms with E-state index in [2.05, 4.69) is 35.6 Å². The van der Waals surface area contributed by atoms with Crippen molar-refractivity contribution in [3.8, 4) is 0 Å². The van der Waals surface area contributed by atoms with Gasteiger partial charge in [0.2, 0.25) is 0 Å². The van der Waals surface area contributed by atoms with Crippen LogP contribution in [-0.4, -0.2) is 40.4 Å². The highest BCUT2D eigenvalue weighted by Gasteiger charge is 2.40. The minimum atomic E-state index is 0.184. The molecule has 21 heavy (non-hydrogen) atoms. The molecule has 0 spiro atoms. The third-order valence-electron chi connectivity index (χ3n) is 5.32. The third kappa shape index (κ3) is 3.65.